The van der Waals surface area contributed by atoms with E-state index in [1.54, 1.807) is 6.92 Å². The minimum absolute atomic E-state index is 0.227. The summed E-state index contributed by atoms with van der Waals surface area (Å²) in [5, 5.41) is 8.01. The topological polar surface area (TPSA) is 57.0 Å². The number of carbonyl (C=O) groups excluding carboxylic acids is 1. The van der Waals surface area contributed by atoms with E-state index < -0.39 is 0 Å². The SMILES string of the molecule is CCOC(=O)Cc1nnc(C)n1C1CC1. The first-order valence-corrected chi connectivity index (χ1v) is 5.28. The van der Waals surface area contributed by atoms with E-state index in [0.29, 0.717) is 12.6 Å². The fraction of sp³-hybridized carbons (Fsp3) is 0.700. The lowest BCUT2D eigenvalue weighted by molar-refractivity contribution is -0.142. The van der Waals surface area contributed by atoms with Crippen LogP contribution in [0.1, 0.15) is 37.5 Å². The Bertz CT molecular complexity index is 369. The largest absolute Gasteiger partial charge is 0.466 e. The summed E-state index contributed by atoms with van der Waals surface area (Å²) in [7, 11) is 0. The summed E-state index contributed by atoms with van der Waals surface area (Å²) in [4.78, 5) is 11.3. The molecule has 15 heavy (non-hydrogen) atoms. The molecule has 1 heterocycles. The van der Waals surface area contributed by atoms with Crippen molar-refractivity contribution >= 4 is 5.97 Å². The van der Waals surface area contributed by atoms with Crippen molar-refractivity contribution in [2.45, 2.75) is 39.2 Å². The zero-order valence-corrected chi connectivity index (χ0v) is 9.06. The second kappa shape index (κ2) is 4.00. The highest BCUT2D eigenvalue weighted by Crippen LogP contribution is 2.36. The highest BCUT2D eigenvalue weighted by atomic mass is 16.5. The molecule has 0 aliphatic heterocycles. The van der Waals surface area contributed by atoms with Crippen LogP contribution in [-0.2, 0) is 16.0 Å². The summed E-state index contributed by atoms with van der Waals surface area (Å²) in [5.41, 5.74) is 0. The van der Waals surface area contributed by atoms with Crippen molar-refractivity contribution in [2.24, 2.45) is 0 Å². The molecule has 0 amide bonds. The van der Waals surface area contributed by atoms with Gasteiger partial charge in [-0.2, -0.15) is 0 Å². The first-order valence-electron chi connectivity index (χ1n) is 5.28. The lowest BCUT2D eigenvalue weighted by Gasteiger charge is -2.05. The molecular formula is C10H15N3O2. The van der Waals surface area contributed by atoms with Crippen molar-refractivity contribution in [2.75, 3.05) is 6.61 Å². The first-order chi connectivity index (χ1) is 7.22. The third-order valence-corrected chi connectivity index (χ3v) is 2.46. The number of nitrogens with zero attached hydrogens (tertiary/aromatic N) is 3. The van der Waals surface area contributed by atoms with Crippen LogP contribution in [0, 0.1) is 6.92 Å². The average molecular weight is 209 g/mol. The van der Waals surface area contributed by atoms with Gasteiger partial charge in [-0.05, 0) is 26.7 Å². The Labute approximate surface area is 88.4 Å². The predicted octanol–water partition coefficient (Wildman–Crippen LogP) is 1.03. The molecule has 0 N–H and O–H groups in total. The molecule has 1 aliphatic carbocycles. The minimum Gasteiger partial charge on any atom is -0.466 e. The zero-order valence-electron chi connectivity index (χ0n) is 9.06. The molecule has 0 saturated heterocycles. The zero-order chi connectivity index (χ0) is 10.8. The normalized spacial score (nSPS) is 15.3. The van der Waals surface area contributed by atoms with Gasteiger partial charge in [-0.25, -0.2) is 0 Å². The Balaban J connectivity index is 2.10. The standard InChI is InChI=1S/C10H15N3O2/c1-3-15-10(14)6-9-12-11-7(2)13(9)8-4-5-8/h8H,3-6H2,1-2H3. The smallest absolute Gasteiger partial charge is 0.313 e. The number of rotatable bonds is 4. The van der Waals surface area contributed by atoms with Crippen LogP contribution in [0.5, 0.6) is 0 Å². The lowest BCUT2D eigenvalue weighted by atomic mass is 10.4. The third-order valence-electron chi connectivity index (χ3n) is 2.46. The Morgan fingerprint density at radius 1 is 1.53 bits per heavy atom. The van der Waals surface area contributed by atoms with Crippen molar-refractivity contribution in [3.05, 3.63) is 11.6 Å². The summed E-state index contributed by atoms with van der Waals surface area (Å²) >= 11 is 0. The monoisotopic (exact) mass is 209 g/mol. The van der Waals surface area contributed by atoms with Crippen LogP contribution in [0.4, 0.5) is 0 Å². The second-order valence-electron chi connectivity index (χ2n) is 3.75. The number of carbonyl (C=O) groups is 1. The summed E-state index contributed by atoms with van der Waals surface area (Å²) in [6, 6.07) is 0.504. The molecule has 0 bridgehead atoms. The van der Waals surface area contributed by atoms with E-state index in [2.05, 4.69) is 14.8 Å². The molecule has 0 aromatic carbocycles. The number of esters is 1. The van der Waals surface area contributed by atoms with Crippen molar-refractivity contribution < 1.29 is 9.53 Å². The van der Waals surface area contributed by atoms with E-state index in [9.17, 15) is 4.79 Å². The maximum atomic E-state index is 11.3. The summed E-state index contributed by atoms with van der Waals surface area (Å²) in [6.07, 6.45) is 2.55. The van der Waals surface area contributed by atoms with Crippen LogP contribution in [0.3, 0.4) is 0 Å². The Morgan fingerprint density at radius 2 is 2.27 bits per heavy atom. The van der Waals surface area contributed by atoms with Gasteiger partial charge in [0, 0.05) is 6.04 Å². The van der Waals surface area contributed by atoms with E-state index in [0.717, 1.165) is 24.5 Å². The van der Waals surface area contributed by atoms with Crippen LogP contribution in [0.25, 0.3) is 0 Å². The summed E-state index contributed by atoms with van der Waals surface area (Å²) in [5.74, 6) is 1.39. The van der Waals surface area contributed by atoms with E-state index >= 15 is 0 Å². The molecule has 82 valence electrons. The van der Waals surface area contributed by atoms with Crippen LogP contribution in [-0.4, -0.2) is 27.3 Å². The summed E-state index contributed by atoms with van der Waals surface area (Å²) in [6.45, 7) is 4.13. The number of aryl methyl sites for hydroxylation is 1. The van der Waals surface area contributed by atoms with Crippen molar-refractivity contribution in [1.29, 1.82) is 0 Å². The molecule has 1 aromatic rings. The van der Waals surface area contributed by atoms with Crippen molar-refractivity contribution in [3.63, 3.8) is 0 Å². The van der Waals surface area contributed by atoms with Gasteiger partial charge in [0.2, 0.25) is 0 Å². The maximum Gasteiger partial charge on any atom is 0.313 e. The van der Waals surface area contributed by atoms with Crippen LogP contribution < -0.4 is 0 Å². The van der Waals surface area contributed by atoms with Crippen LogP contribution in [0.15, 0.2) is 0 Å². The third kappa shape index (κ3) is 2.16. The molecule has 5 nitrogen and oxygen atoms in total. The quantitative estimate of drug-likeness (QED) is 0.695. The van der Waals surface area contributed by atoms with Crippen molar-refractivity contribution in [3.8, 4) is 0 Å². The van der Waals surface area contributed by atoms with Gasteiger partial charge in [-0.15, -0.1) is 10.2 Å². The van der Waals surface area contributed by atoms with Gasteiger partial charge in [0.05, 0.1) is 6.61 Å². The molecule has 2 rings (SSSR count). The molecule has 0 unspecified atom stereocenters. The van der Waals surface area contributed by atoms with Gasteiger partial charge < -0.3 is 9.30 Å². The number of aromatic nitrogens is 3. The number of hydrogen-bond donors (Lipinski definition) is 0. The molecule has 0 atom stereocenters. The molecule has 1 aromatic heterocycles. The molecule has 1 fully saturated rings. The molecule has 5 heteroatoms. The van der Waals surface area contributed by atoms with Gasteiger partial charge in [0.25, 0.3) is 0 Å². The Hall–Kier alpha value is -1.39. The number of ether oxygens (including phenoxy) is 1. The van der Waals surface area contributed by atoms with E-state index in [4.69, 9.17) is 4.74 Å². The van der Waals surface area contributed by atoms with Gasteiger partial charge in [-0.3, -0.25) is 4.79 Å². The van der Waals surface area contributed by atoms with E-state index in [1.165, 1.54) is 0 Å². The van der Waals surface area contributed by atoms with Crippen LogP contribution >= 0.6 is 0 Å². The molecular weight excluding hydrogens is 194 g/mol. The second-order valence-corrected chi connectivity index (χ2v) is 3.75. The molecule has 1 aliphatic rings. The average Bonchev–Trinajstić information content (AvgIpc) is 2.94. The molecule has 1 saturated carbocycles. The van der Waals surface area contributed by atoms with Gasteiger partial charge in [0.1, 0.15) is 18.1 Å². The summed E-state index contributed by atoms with van der Waals surface area (Å²) < 4.78 is 6.94. The molecule has 0 spiro atoms. The van der Waals surface area contributed by atoms with Crippen LogP contribution in [0.2, 0.25) is 0 Å². The fourth-order valence-corrected chi connectivity index (χ4v) is 1.68. The Kier molecular flexibility index (Phi) is 2.70. The lowest BCUT2D eigenvalue weighted by Crippen LogP contribution is -2.12. The molecule has 0 radical (unpaired) electrons. The van der Waals surface area contributed by atoms with Gasteiger partial charge >= 0.3 is 5.97 Å². The Morgan fingerprint density at radius 3 is 2.87 bits per heavy atom. The van der Waals surface area contributed by atoms with Gasteiger partial charge in [0.15, 0.2) is 0 Å². The highest BCUT2D eigenvalue weighted by Gasteiger charge is 2.28. The fourth-order valence-electron chi connectivity index (χ4n) is 1.68. The van der Waals surface area contributed by atoms with E-state index in [-0.39, 0.29) is 12.4 Å². The first kappa shape index (κ1) is 10.1. The minimum atomic E-state index is -0.230. The van der Waals surface area contributed by atoms with Gasteiger partial charge in [-0.1, -0.05) is 0 Å². The number of hydrogen-bond acceptors (Lipinski definition) is 4. The van der Waals surface area contributed by atoms with E-state index in [1.807, 2.05) is 6.92 Å². The van der Waals surface area contributed by atoms with Crippen molar-refractivity contribution in [1.82, 2.24) is 14.8 Å². The predicted molar refractivity (Wildman–Crippen MR) is 53.4 cm³/mol. The maximum absolute atomic E-state index is 11.3. The highest BCUT2D eigenvalue weighted by molar-refractivity contribution is 5.71.